The summed E-state index contributed by atoms with van der Waals surface area (Å²) in [5, 5.41) is 11.0. The van der Waals surface area contributed by atoms with Crippen LogP contribution in [-0.4, -0.2) is 13.3 Å². The van der Waals surface area contributed by atoms with Gasteiger partial charge in [-0.25, -0.2) is 8.42 Å². The molecule has 0 aliphatic rings. The zero-order chi connectivity index (χ0) is 18.1. The number of nitrogens with zero attached hydrogens (tertiary/aromatic N) is 1. The molecule has 2 aromatic carbocycles. The maximum absolute atomic E-state index is 12.6. The predicted molar refractivity (Wildman–Crippen MR) is 83.0 cm³/mol. The van der Waals surface area contributed by atoms with Crippen molar-refractivity contribution in [2.24, 2.45) is 0 Å². The van der Waals surface area contributed by atoms with Crippen LogP contribution in [0.4, 0.5) is 24.5 Å². The van der Waals surface area contributed by atoms with Crippen molar-refractivity contribution in [2.45, 2.75) is 11.1 Å². The Balaban J connectivity index is 2.45. The summed E-state index contributed by atoms with van der Waals surface area (Å²) in [5.74, 6) is 0. The first kappa shape index (κ1) is 18.2. The molecule has 6 nitrogen and oxygen atoms in total. The van der Waals surface area contributed by atoms with E-state index in [4.69, 9.17) is 0 Å². The third-order valence-corrected chi connectivity index (χ3v) is 4.80. The van der Waals surface area contributed by atoms with Crippen LogP contribution in [0.2, 0.25) is 0 Å². The van der Waals surface area contributed by atoms with Gasteiger partial charge in [-0.1, -0.05) is 15.9 Å². The molecule has 11 heteroatoms. The lowest BCUT2D eigenvalue weighted by molar-refractivity contribution is -0.384. The maximum Gasteiger partial charge on any atom is 0.416 e. The van der Waals surface area contributed by atoms with E-state index >= 15 is 0 Å². The zero-order valence-corrected chi connectivity index (χ0v) is 13.9. The number of hydrogen-bond donors (Lipinski definition) is 1. The summed E-state index contributed by atoms with van der Waals surface area (Å²) in [6.45, 7) is 0. The summed E-state index contributed by atoms with van der Waals surface area (Å²) in [4.78, 5) is 9.68. The van der Waals surface area contributed by atoms with Crippen molar-refractivity contribution in [3.63, 3.8) is 0 Å². The van der Waals surface area contributed by atoms with E-state index < -0.39 is 38.1 Å². The molecule has 0 saturated carbocycles. The van der Waals surface area contributed by atoms with Crippen molar-refractivity contribution < 1.29 is 26.5 Å². The largest absolute Gasteiger partial charge is 0.416 e. The van der Waals surface area contributed by atoms with Gasteiger partial charge >= 0.3 is 6.18 Å². The monoisotopic (exact) mass is 424 g/mol. The zero-order valence-electron chi connectivity index (χ0n) is 11.5. The molecule has 0 saturated heterocycles. The number of alkyl halides is 3. The van der Waals surface area contributed by atoms with E-state index in [1.54, 1.807) is 0 Å². The molecule has 0 amide bonds. The minimum Gasteiger partial charge on any atom is -0.273 e. The number of hydrogen-bond acceptors (Lipinski definition) is 4. The molecule has 0 bridgehead atoms. The smallest absolute Gasteiger partial charge is 0.273 e. The number of benzene rings is 2. The highest BCUT2D eigenvalue weighted by Gasteiger charge is 2.33. The third kappa shape index (κ3) is 4.03. The number of anilines is 1. The van der Waals surface area contributed by atoms with Crippen LogP contribution in [0.15, 0.2) is 51.8 Å². The van der Waals surface area contributed by atoms with E-state index in [0.717, 1.165) is 0 Å². The highest BCUT2D eigenvalue weighted by atomic mass is 79.9. The molecule has 0 aliphatic heterocycles. The van der Waals surface area contributed by atoms with E-state index in [1.165, 1.54) is 24.3 Å². The van der Waals surface area contributed by atoms with E-state index in [-0.39, 0.29) is 11.0 Å². The van der Waals surface area contributed by atoms with Gasteiger partial charge in [-0.05, 0) is 36.4 Å². The Morgan fingerprint density at radius 2 is 1.67 bits per heavy atom. The molecular formula is C13H8BrF3N2O4S. The van der Waals surface area contributed by atoms with Gasteiger partial charge in [0.15, 0.2) is 0 Å². The average molecular weight is 425 g/mol. The second kappa shape index (κ2) is 6.40. The Kier molecular flexibility index (Phi) is 4.85. The van der Waals surface area contributed by atoms with Gasteiger partial charge in [-0.2, -0.15) is 13.2 Å². The van der Waals surface area contributed by atoms with Gasteiger partial charge in [0.2, 0.25) is 0 Å². The van der Waals surface area contributed by atoms with Gasteiger partial charge in [-0.3, -0.25) is 14.8 Å². The summed E-state index contributed by atoms with van der Waals surface area (Å²) < 4.78 is 64.9. The Bertz CT molecular complexity index is 883. The highest BCUT2D eigenvalue weighted by molar-refractivity contribution is 9.10. The second-order valence-corrected chi connectivity index (χ2v) is 7.14. The molecule has 1 N–H and O–H groups in total. The van der Waals surface area contributed by atoms with Crippen LogP contribution in [0, 0.1) is 10.1 Å². The number of sulfonamides is 1. The van der Waals surface area contributed by atoms with Crippen LogP contribution in [-0.2, 0) is 16.2 Å². The first-order chi connectivity index (χ1) is 11.0. The molecule has 2 aromatic rings. The lowest BCUT2D eigenvalue weighted by atomic mass is 10.1. The Morgan fingerprint density at radius 1 is 1.08 bits per heavy atom. The first-order valence-electron chi connectivity index (χ1n) is 6.15. The Hall–Kier alpha value is -2.14. The molecule has 0 radical (unpaired) electrons. The minimum atomic E-state index is -4.78. The van der Waals surface area contributed by atoms with E-state index in [2.05, 4.69) is 15.9 Å². The summed E-state index contributed by atoms with van der Waals surface area (Å²) >= 11 is 3.13. The van der Waals surface area contributed by atoms with E-state index in [1.807, 2.05) is 4.72 Å². The molecule has 128 valence electrons. The third-order valence-electron chi connectivity index (χ3n) is 2.89. The van der Waals surface area contributed by atoms with Crippen LogP contribution in [0.3, 0.4) is 0 Å². The topological polar surface area (TPSA) is 89.3 Å². The fourth-order valence-electron chi connectivity index (χ4n) is 1.76. The van der Waals surface area contributed by atoms with Crippen molar-refractivity contribution in [3.05, 3.63) is 62.6 Å². The van der Waals surface area contributed by atoms with E-state index in [0.29, 0.717) is 16.6 Å². The van der Waals surface area contributed by atoms with Crippen LogP contribution in [0.1, 0.15) is 5.56 Å². The summed E-state index contributed by atoms with van der Waals surface area (Å²) in [6.07, 6.45) is -4.78. The van der Waals surface area contributed by atoms with Crippen LogP contribution in [0.5, 0.6) is 0 Å². The number of nitrogens with one attached hydrogen (secondary N) is 1. The summed E-state index contributed by atoms with van der Waals surface area (Å²) in [6, 6.07) is 6.90. The molecule has 24 heavy (non-hydrogen) atoms. The maximum atomic E-state index is 12.6. The molecule has 0 aliphatic carbocycles. The van der Waals surface area contributed by atoms with Crippen molar-refractivity contribution in [2.75, 3.05) is 4.72 Å². The molecular weight excluding hydrogens is 417 g/mol. The lowest BCUT2D eigenvalue weighted by Crippen LogP contribution is -2.15. The van der Waals surface area contributed by atoms with Gasteiger partial charge in [-0.15, -0.1) is 0 Å². The molecule has 0 fully saturated rings. The number of nitro groups is 1. The van der Waals surface area contributed by atoms with Gasteiger partial charge in [0.05, 0.1) is 15.4 Å². The van der Waals surface area contributed by atoms with Crippen LogP contribution < -0.4 is 4.72 Å². The first-order valence-corrected chi connectivity index (χ1v) is 8.42. The van der Waals surface area contributed by atoms with Crippen LogP contribution in [0.25, 0.3) is 0 Å². The van der Waals surface area contributed by atoms with Crippen molar-refractivity contribution >= 4 is 37.3 Å². The second-order valence-electron chi connectivity index (χ2n) is 4.55. The molecule has 2 rings (SSSR count). The van der Waals surface area contributed by atoms with Crippen molar-refractivity contribution in [1.29, 1.82) is 0 Å². The Morgan fingerprint density at radius 3 is 2.17 bits per heavy atom. The average Bonchev–Trinajstić information content (AvgIpc) is 2.46. The molecule has 0 spiro atoms. The lowest BCUT2D eigenvalue weighted by Gasteiger charge is -2.11. The van der Waals surface area contributed by atoms with Crippen molar-refractivity contribution in [3.8, 4) is 0 Å². The molecule has 0 unspecified atom stereocenters. The van der Waals surface area contributed by atoms with Gasteiger partial charge in [0.25, 0.3) is 15.7 Å². The molecule has 0 aromatic heterocycles. The standard InChI is InChI=1S/C13H8BrF3N2O4S/c14-9-2-4-10(5-3-9)24(22,23)18-11-6-1-8(13(15,16)17)7-12(11)19(20)21/h1-7,18H. The van der Waals surface area contributed by atoms with Gasteiger partial charge in [0, 0.05) is 10.5 Å². The SMILES string of the molecule is O=[N+]([O-])c1cc(C(F)(F)F)ccc1NS(=O)(=O)c1ccc(Br)cc1. The van der Waals surface area contributed by atoms with Gasteiger partial charge in [0.1, 0.15) is 5.69 Å². The summed E-state index contributed by atoms with van der Waals surface area (Å²) in [7, 11) is -4.19. The quantitative estimate of drug-likeness (QED) is 0.588. The fraction of sp³-hybridized carbons (Fsp3) is 0.0769. The van der Waals surface area contributed by atoms with Crippen molar-refractivity contribution in [1.82, 2.24) is 0 Å². The summed E-state index contributed by atoms with van der Waals surface area (Å²) in [5.41, 5.74) is -2.80. The van der Waals surface area contributed by atoms with Crippen LogP contribution >= 0.6 is 15.9 Å². The Labute approximate surface area is 142 Å². The van der Waals surface area contributed by atoms with Gasteiger partial charge < -0.3 is 0 Å². The molecule has 0 atom stereocenters. The predicted octanol–water partition coefficient (Wildman–Crippen LogP) is 4.18. The highest BCUT2D eigenvalue weighted by Crippen LogP contribution is 2.35. The number of halogens is 4. The normalized spacial score (nSPS) is 12.0. The van der Waals surface area contributed by atoms with E-state index in [9.17, 15) is 31.7 Å². The fourth-order valence-corrected chi connectivity index (χ4v) is 3.10. The molecule has 0 heterocycles. The number of rotatable bonds is 4. The minimum absolute atomic E-state index is 0.195. The number of nitro benzene ring substituents is 1.